The molecule has 0 saturated carbocycles. The van der Waals surface area contributed by atoms with Crippen LogP contribution in [0.1, 0.15) is 21.7 Å². The third-order valence-electron chi connectivity index (χ3n) is 4.41. The molecule has 0 radical (unpaired) electrons. The zero-order chi connectivity index (χ0) is 18.8. The molecule has 0 aliphatic carbocycles. The first-order valence-electron chi connectivity index (χ1n) is 8.63. The van der Waals surface area contributed by atoms with Crippen LogP contribution < -0.4 is 5.32 Å². The van der Waals surface area contributed by atoms with Gasteiger partial charge in [-0.2, -0.15) is 5.10 Å². The Kier molecular flexibility index (Phi) is 4.42. The van der Waals surface area contributed by atoms with Crippen molar-refractivity contribution in [3.05, 3.63) is 83.8 Å². The van der Waals surface area contributed by atoms with Crippen LogP contribution in [0, 0.1) is 12.7 Å². The van der Waals surface area contributed by atoms with Crippen LogP contribution in [0.25, 0.3) is 11.3 Å². The quantitative estimate of drug-likeness (QED) is 0.593. The van der Waals surface area contributed by atoms with E-state index in [1.54, 1.807) is 16.8 Å². The van der Waals surface area contributed by atoms with Gasteiger partial charge in [-0.3, -0.25) is 4.79 Å². The molecule has 1 N–H and O–H groups in total. The van der Waals surface area contributed by atoms with Gasteiger partial charge in [0.15, 0.2) is 0 Å². The summed E-state index contributed by atoms with van der Waals surface area (Å²) in [6.45, 7) is 2.29. The van der Waals surface area contributed by atoms with E-state index in [0.29, 0.717) is 29.9 Å². The largest absolute Gasteiger partial charge is 0.352 e. The van der Waals surface area contributed by atoms with Gasteiger partial charge in [0, 0.05) is 25.4 Å². The molecule has 7 heteroatoms. The number of rotatable bonds is 5. The summed E-state index contributed by atoms with van der Waals surface area (Å²) in [4.78, 5) is 17.0. The van der Waals surface area contributed by atoms with Crippen LogP contribution in [-0.2, 0) is 6.42 Å². The van der Waals surface area contributed by atoms with Gasteiger partial charge in [0.2, 0.25) is 0 Å². The number of carbonyl (C=O) groups is 1. The highest BCUT2D eigenvalue weighted by Crippen LogP contribution is 2.14. The second kappa shape index (κ2) is 7.03. The van der Waals surface area contributed by atoms with Gasteiger partial charge >= 0.3 is 0 Å². The van der Waals surface area contributed by atoms with Crippen LogP contribution in [-0.4, -0.2) is 31.6 Å². The number of nitrogens with one attached hydrogen (secondary N) is 1. The number of pyridine rings is 1. The van der Waals surface area contributed by atoms with E-state index in [4.69, 9.17) is 0 Å². The van der Waals surface area contributed by atoms with E-state index in [0.717, 1.165) is 11.3 Å². The smallest absolute Gasteiger partial charge is 0.254 e. The van der Waals surface area contributed by atoms with E-state index >= 15 is 0 Å². The monoisotopic (exact) mass is 363 g/mol. The second-order valence-electron chi connectivity index (χ2n) is 6.24. The molecule has 27 heavy (non-hydrogen) atoms. The second-order valence-corrected chi connectivity index (χ2v) is 6.24. The van der Waals surface area contributed by atoms with Crippen molar-refractivity contribution < 1.29 is 9.18 Å². The summed E-state index contributed by atoms with van der Waals surface area (Å²) < 4.78 is 16.7. The average molecular weight is 363 g/mol. The number of hydrogen-bond acceptors (Lipinski definition) is 3. The maximum atomic E-state index is 13.1. The molecule has 0 spiro atoms. The first kappa shape index (κ1) is 17.0. The molecule has 6 nitrogen and oxygen atoms in total. The predicted octanol–water partition coefficient (Wildman–Crippen LogP) is 2.94. The summed E-state index contributed by atoms with van der Waals surface area (Å²) in [5.74, 6) is -0.502. The minimum atomic E-state index is -0.312. The fraction of sp³-hybridized carbons (Fsp3) is 0.150. The maximum absolute atomic E-state index is 13.1. The molecule has 136 valence electrons. The van der Waals surface area contributed by atoms with Gasteiger partial charge in [-0.05, 0) is 43.3 Å². The summed E-state index contributed by atoms with van der Waals surface area (Å²) in [5, 5.41) is 7.15. The third-order valence-corrected chi connectivity index (χ3v) is 4.41. The first-order chi connectivity index (χ1) is 13.1. The normalized spacial score (nSPS) is 11.0. The molecule has 3 heterocycles. The molecular weight excluding hydrogens is 345 g/mol. The molecule has 1 amide bonds. The number of benzene rings is 1. The van der Waals surface area contributed by atoms with Gasteiger partial charge < -0.3 is 9.72 Å². The summed E-state index contributed by atoms with van der Waals surface area (Å²) in [6.07, 6.45) is 6.06. The lowest BCUT2D eigenvalue weighted by Gasteiger charge is -2.06. The molecule has 0 bridgehead atoms. The van der Waals surface area contributed by atoms with Crippen molar-refractivity contribution in [2.75, 3.05) is 6.54 Å². The molecule has 4 rings (SSSR count). The fourth-order valence-electron chi connectivity index (χ4n) is 2.98. The number of halogens is 1. The van der Waals surface area contributed by atoms with E-state index in [9.17, 15) is 9.18 Å². The van der Waals surface area contributed by atoms with Crippen molar-refractivity contribution in [3.8, 4) is 5.69 Å². The van der Waals surface area contributed by atoms with E-state index in [1.807, 2.05) is 41.9 Å². The Balaban J connectivity index is 1.41. The van der Waals surface area contributed by atoms with Crippen molar-refractivity contribution in [1.29, 1.82) is 0 Å². The van der Waals surface area contributed by atoms with Crippen LogP contribution >= 0.6 is 0 Å². The van der Waals surface area contributed by atoms with Crippen molar-refractivity contribution in [2.45, 2.75) is 13.3 Å². The lowest BCUT2D eigenvalue weighted by atomic mass is 10.2. The van der Waals surface area contributed by atoms with Gasteiger partial charge in [0.25, 0.3) is 5.91 Å². The average Bonchev–Trinajstić information content (AvgIpc) is 3.25. The zero-order valence-corrected chi connectivity index (χ0v) is 14.8. The number of hydrogen-bond donors (Lipinski definition) is 1. The molecule has 0 unspecified atom stereocenters. The van der Waals surface area contributed by atoms with E-state index in [1.165, 1.54) is 18.3 Å². The van der Waals surface area contributed by atoms with Crippen molar-refractivity contribution in [1.82, 2.24) is 24.5 Å². The Morgan fingerprint density at radius 1 is 1.19 bits per heavy atom. The molecular formula is C20H18FN5O. The van der Waals surface area contributed by atoms with Crippen molar-refractivity contribution in [2.24, 2.45) is 0 Å². The summed E-state index contributed by atoms with van der Waals surface area (Å²) in [5.41, 5.74) is 3.70. The van der Waals surface area contributed by atoms with Gasteiger partial charge in [-0.1, -0.05) is 6.07 Å². The van der Waals surface area contributed by atoms with E-state index in [2.05, 4.69) is 15.4 Å². The number of imidazole rings is 1. The molecule has 1 aromatic carbocycles. The van der Waals surface area contributed by atoms with Crippen molar-refractivity contribution in [3.63, 3.8) is 0 Å². The number of amides is 1. The molecule has 3 aromatic heterocycles. The van der Waals surface area contributed by atoms with Crippen LogP contribution in [0.15, 0.2) is 61.1 Å². The van der Waals surface area contributed by atoms with Crippen LogP contribution in [0.2, 0.25) is 0 Å². The molecule has 0 aliphatic rings. The summed E-state index contributed by atoms with van der Waals surface area (Å²) in [7, 11) is 0. The number of carbonyl (C=O) groups excluding carboxylic acids is 1. The van der Waals surface area contributed by atoms with Gasteiger partial charge in [-0.15, -0.1) is 0 Å². The Labute approximate surface area is 155 Å². The first-order valence-corrected chi connectivity index (χ1v) is 8.63. The van der Waals surface area contributed by atoms with Gasteiger partial charge in [-0.25, -0.2) is 14.1 Å². The lowest BCUT2D eigenvalue weighted by molar-refractivity contribution is 0.0953. The zero-order valence-electron chi connectivity index (χ0n) is 14.8. The summed E-state index contributed by atoms with van der Waals surface area (Å²) in [6, 6.07) is 11.8. The Morgan fingerprint density at radius 2 is 2.00 bits per heavy atom. The highest BCUT2D eigenvalue weighted by molar-refractivity contribution is 5.95. The SMILES string of the molecule is Cc1c(C(=O)NCCc2cn3ccccc3n2)cnn1-c1ccc(F)cc1. The van der Waals surface area contributed by atoms with Crippen molar-refractivity contribution >= 4 is 11.6 Å². The molecule has 0 saturated heterocycles. The van der Waals surface area contributed by atoms with Gasteiger partial charge in [0.05, 0.1) is 28.8 Å². The third kappa shape index (κ3) is 3.44. The van der Waals surface area contributed by atoms with Crippen LogP contribution in [0.5, 0.6) is 0 Å². The molecule has 4 aromatic rings. The Hall–Kier alpha value is -3.48. The molecule has 0 aliphatic heterocycles. The topological polar surface area (TPSA) is 64.2 Å². The predicted molar refractivity (Wildman–Crippen MR) is 99.5 cm³/mol. The minimum Gasteiger partial charge on any atom is -0.352 e. The number of fused-ring (bicyclic) bond motifs is 1. The Bertz CT molecular complexity index is 1060. The Morgan fingerprint density at radius 3 is 2.78 bits per heavy atom. The van der Waals surface area contributed by atoms with Crippen LogP contribution in [0.4, 0.5) is 4.39 Å². The standard InChI is InChI=1S/C20H18FN5O/c1-14-18(12-23-26(14)17-7-5-15(21)6-8-17)20(27)22-10-9-16-13-25-11-3-2-4-19(25)24-16/h2-8,11-13H,9-10H2,1H3,(H,22,27). The highest BCUT2D eigenvalue weighted by atomic mass is 19.1. The maximum Gasteiger partial charge on any atom is 0.254 e. The van der Waals surface area contributed by atoms with Gasteiger partial charge in [0.1, 0.15) is 11.5 Å². The molecule has 0 fully saturated rings. The minimum absolute atomic E-state index is 0.190. The lowest BCUT2D eigenvalue weighted by Crippen LogP contribution is -2.26. The van der Waals surface area contributed by atoms with E-state index < -0.39 is 0 Å². The highest BCUT2D eigenvalue weighted by Gasteiger charge is 2.15. The van der Waals surface area contributed by atoms with E-state index in [-0.39, 0.29) is 11.7 Å². The number of aromatic nitrogens is 4. The number of nitrogens with zero attached hydrogens (tertiary/aromatic N) is 4. The molecule has 0 atom stereocenters. The van der Waals surface area contributed by atoms with Crippen LogP contribution in [0.3, 0.4) is 0 Å². The summed E-state index contributed by atoms with van der Waals surface area (Å²) >= 11 is 0. The fourth-order valence-corrected chi connectivity index (χ4v) is 2.98.